The van der Waals surface area contributed by atoms with E-state index in [0.717, 1.165) is 35.3 Å². The lowest BCUT2D eigenvalue weighted by molar-refractivity contribution is -0.137. The highest BCUT2D eigenvalue weighted by Gasteiger charge is 2.10. The fourth-order valence-electron chi connectivity index (χ4n) is 4.68. The molecule has 0 atom stereocenters. The molecule has 0 aliphatic heterocycles. The van der Waals surface area contributed by atoms with Gasteiger partial charge in [0.05, 0.1) is 37.0 Å². The molecule has 0 unspecified atom stereocenters. The Morgan fingerprint density at radius 1 is 0.633 bits per heavy atom. The molecule has 0 spiro atoms. The molecule has 49 heavy (non-hydrogen) atoms. The van der Waals surface area contributed by atoms with Crippen LogP contribution < -0.4 is 20.9 Å². The fourth-order valence-corrected chi connectivity index (χ4v) is 4.68. The summed E-state index contributed by atoms with van der Waals surface area (Å²) in [5.41, 5.74) is 15.6. The van der Waals surface area contributed by atoms with Gasteiger partial charge in [-0.2, -0.15) is 5.26 Å². The third kappa shape index (κ3) is 12.2. The molecule has 10 heteroatoms. The number of nitrogens with two attached hydrogens (primary N) is 2. The van der Waals surface area contributed by atoms with Gasteiger partial charge in [0.2, 0.25) is 0 Å². The van der Waals surface area contributed by atoms with E-state index >= 15 is 0 Å². The van der Waals surface area contributed by atoms with Crippen molar-refractivity contribution in [3.8, 4) is 28.7 Å². The van der Waals surface area contributed by atoms with Gasteiger partial charge in [0.1, 0.15) is 11.5 Å². The number of esters is 3. The van der Waals surface area contributed by atoms with E-state index in [1.165, 1.54) is 18.2 Å². The smallest absolute Gasteiger partial charge is 0.343 e. The Kier molecular flexibility index (Phi) is 13.8. The van der Waals surface area contributed by atoms with Gasteiger partial charge in [-0.05, 0) is 109 Å². The summed E-state index contributed by atoms with van der Waals surface area (Å²) in [5, 5.41) is 8.61. The highest BCUT2D eigenvalue weighted by molar-refractivity contribution is 5.92. The summed E-state index contributed by atoms with van der Waals surface area (Å²) < 4.78 is 21.7. The Hall–Kier alpha value is -6.08. The molecule has 0 aliphatic rings. The molecule has 0 heterocycles. The maximum atomic E-state index is 12.7. The molecule has 4 aromatic rings. The van der Waals surface area contributed by atoms with Gasteiger partial charge in [-0.25, -0.2) is 14.4 Å². The number of carbonyl (C=O) groups excluding carboxylic acids is 3. The van der Waals surface area contributed by atoms with E-state index in [1.807, 2.05) is 36.4 Å². The Labute approximate surface area is 285 Å². The molecule has 0 saturated heterocycles. The number of anilines is 2. The summed E-state index contributed by atoms with van der Waals surface area (Å²) in [6.45, 7) is 1.06. The minimum Gasteiger partial charge on any atom is -0.494 e. The van der Waals surface area contributed by atoms with Gasteiger partial charge in [-0.3, -0.25) is 0 Å². The molecule has 0 aliphatic carbocycles. The molecule has 10 nitrogen and oxygen atoms in total. The number of nitrogens with zero attached hydrogens (tertiary/aromatic N) is 1. The van der Waals surface area contributed by atoms with Crippen molar-refractivity contribution < 1.29 is 33.3 Å². The molecule has 0 radical (unpaired) electrons. The number of hydrogen-bond donors (Lipinski definition) is 2. The van der Waals surface area contributed by atoms with Crippen LogP contribution in [-0.2, 0) is 14.3 Å². The van der Waals surface area contributed by atoms with Gasteiger partial charge in [0.25, 0.3) is 0 Å². The van der Waals surface area contributed by atoms with Gasteiger partial charge < -0.3 is 30.4 Å². The first-order chi connectivity index (χ1) is 23.8. The average molecular weight is 662 g/mol. The molecule has 0 saturated carbocycles. The molecule has 0 bridgehead atoms. The van der Waals surface area contributed by atoms with Crippen LogP contribution in [-0.4, -0.2) is 37.7 Å². The summed E-state index contributed by atoms with van der Waals surface area (Å²) in [4.78, 5) is 36.9. The van der Waals surface area contributed by atoms with Crippen LogP contribution in [0.5, 0.6) is 11.5 Å². The summed E-state index contributed by atoms with van der Waals surface area (Å²) in [5.74, 6) is -0.282. The number of unbranched alkanes of at least 4 members (excludes halogenated alkanes) is 4. The van der Waals surface area contributed by atoms with Crippen LogP contribution >= 0.6 is 0 Å². The predicted molar refractivity (Wildman–Crippen MR) is 188 cm³/mol. The Morgan fingerprint density at radius 2 is 1.22 bits per heavy atom. The first kappa shape index (κ1) is 35.8. The van der Waals surface area contributed by atoms with Gasteiger partial charge in [0, 0.05) is 23.9 Å². The maximum Gasteiger partial charge on any atom is 0.343 e. The van der Waals surface area contributed by atoms with E-state index in [2.05, 4.69) is 6.07 Å². The maximum absolute atomic E-state index is 12.7. The quantitative estimate of drug-likeness (QED) is 0.0383. The lowest BCUT2D eigenvalue weighted by Crippen LogP contribution is -2.08. The standard InChI is InChI=1S/C39H39N3O7/c40-21-3-6-22-46-35-18-14-30(15-19-35)29-10-12-31(13-11-29)39(45)49-36-16-7-28(8-17-36)9-20-37(43)47-23-4-1-2-5-24-48-38(44)32-25-33(41)27-34(42)26-32/h7-20,25-27H,1-6,22-24,41-42H2. The minimum absolute atomic E-state index is 0.279. The van der Waals surface area contributed by atoms with E-state index < -0.39 is 17.9 Å². The average Bonchev–Trinajstić information content (AvgIpc) is 3.10. The van der Waals surface area contributed by atoms with Crippen LogP contribution in [0.25, 0.3) is 17.2 Å². The van der Waals surface area contributed by atoms with Crippen LogP contribution in [0.3, 0.4) is 0 Å². The first-order valence-corrected chi connectivity index (χ1v) is 16.0. The number of nitriles is 1. The largest absolute Gasteiger partial charge is 0.494 e. The van der Waals surface area contributed by atoms with E-state index in [4.69, 9.17) is 35.7 Å². The van der Waals surface area contributed by atoms with Crippen LogP contribution in [0.1, 0.15) is 64.8 Å². The Balaban J connectivity index is 1.11. The monoisotopic (exact) mass is 661 g/mol. The zero-order valence-electron chi connectivity index (χ0n) is 27.1. The van der Waals surface area contributed by atoms with Gasteiger partial charge in [-0.15, -0.1) is 0 Å². The third-order valence-electron chi connectivity index (χ3n) is 7.24. The lowest BCUT2D eigenvalue weighted by atomic mass is 10.0. The highest BCUT2D eigenvalue weighted by atomic mass is 16.5. The molecule has 0 aromatic heterocycles. The molecular weight excluding hydrogens is 622 g/mol. The van der Waals surface area contributed by atoms with Crippen molar-refractivity contribution >= 4 is 35.4 Å². The Bertz CT molecular complexity index is 1740. The lowest BCUT2D eigenvalue weighted by Gasteiger charge is -2.08. The van der Waals surface area contributed by atoms with E-state index in [0.29, 0.717) is 60.5 Å². The van der Waals surface area contributed by atoms with E-state index in [9.17, 15) is 14.4 Å². The number of rotatable bonds is 17. The number of hydrogen-bond acceptors (Lipinski definition) is 10. The molecule has 252 valence electrons. The van der Waals surface area contributed by atoms with Crippen LogP contribution in [0.2, 0.25) is 0 Å². The first-order valence-electron chi connectivity index (χ1n) is 16.0. The topological polar surface area (TPSA) is 164 Å². The molecule has 0 amide bonds. The van der Waals surface area contributed by atoms with Crippen LogP contribution in [0.15, 0.2) is 97.1 Å². The van der Waals surface area contributed by atoms with Crippen molar-refractivity contribution in [1.29, 1.82) is 5.26 Å². The van der Waals surface area contributed by atoms with Crippen molar-refractivity contribution in [2.24, 2.45) is 0 Å². The minimum atomic E-state index is -0.482. The van der Waals surface area contributed by atoms with E-state index in [-0.39, 0.29) is 13.2 Å². The normalized spacial score (nSPS) is 10.7. The second-order valence-electron chi connectivity index (χ2n) is 11.1. The number of ether oxygens (including phenoxy) is 4. The van der Waals surface area contributed by atoms with Crippen molar-refractivity contribution in [2.45, 2.75) is 38.5 Å². The van der Waals surface area contributed by atoms with Crippen molar-refractivity contribution in [2.75, 3.05) is 31.3 Å². The van der Waals surface area contributed by atoms with Crippen LogP contribution in [0.4, 0.5) is 11.4 Å². The second kappa shape index (κ2) is 18.9. The predicted octanol–water partition coefficient (Wildman–Crippen LogP) is 7.39. The zero-order valence-corrected chi connectivity index (χ0v) is 27.1. The van der Waals surface area contributed by atoms with Crippen molar-refractivity contribution in [1.82, 2.24) is 0 Å². The Morgan fingerprint density at radius 3 is 1.86 bits per heavy atom. The van der Waals surface area contributed by atoms with Gasteiger partial charge in [0.15, 0.2) is 0 Å². The molecule has 4 N–H and O–H groups in total. The van der Waals surface area contributed by atoms with E-state index in [1.54, 1.807) is 48.5 Å². The van der Waals surface area contributed by atoms with Crippen molar-refractivity contribution in [3.63, 3.8) is 0 Å². The van der Waals surface area contributed by atoms with Gasteiger partial charge >= 0.3 is 17.9 Å². The summed E-state index contributed by atoms with van der Waals surface area (Å²) >= 11 is 0. The molecule has 0 fully saturated rings. The number of nitrogen functional groups attached to an aromatic ring is 2. The SMILES string of the molecule is N#CCCCOc1ccc(-c2ccc(C(=O)Oc3ccc(C=CC(=O)OCCCCCCOC(=O)c4cc(N)cc(N)c4)cc3)cc2)cc1. The van der Waals surface area contributed by atoms with Gasteiger partial charge in [-0.1, -0.05) is 36.4 Å². The number of carbonyl (C=O) groups is 3. The van der Waals surface area contributed by atoms with Crippen LogP contribution in [0, 0.1) is 11.3 Å². The molecular formula is C39H39N3O7. The van der Waals surface area contributed by atoms with Crippen molar-refractivity contribution in [3.05, 3.63) is 114 Å². The summed E-state index contributed by atoms with van der Waals surface area (Å²) in [7, 11) is 0. The third-order valence-corrected chi connectivity index (χ3v) is 7.24. The summed E-state index contributed by atoms with van der Waals surface area (Å²) in [6, 6.07) is 28.3. The summed E-state index contributed by atoms with van der Waals surface area (Å²) in [6.07, 6.45) is 7.15. The highest BCUT2D eigenvalue weighted by Crippen LogP contribution is 2.24. The zero-order chi connectivity index (χ0) is 34.8. The molecule has 4 aromatic carbocycles. The molecule has 4 rings (SSSR count). The number of benzene rings is 4. The second-order valence-corrected chi connectivity index (χ2v) is 11.1. The fraction of sp³-hybridized carbons (Fsp3) is 0.231.